The van der Waals surface area contributed by atoms with Crippen molar-refractivity contribution in [3.8, 4) is 12.3 Å². The van der Waals surface area contributed by atoms with Crippen LogP contribution in [0, 0.1) is 12.3 Å². The molecule has 0 fully saturated rings. The van der Waals surface area contributed by atoms with Gasteiger partial charge in [-0.05, 0) is 18.9 Å². The zero-order valence-electron chi connectivity index (χ0n) is 5.89. The molecule has 1 atom stereocenters. The van der Waals surface area contributed by atoms with E-state index in [2.05, 4.69) is 5.92 Å². The van der Waals surface area contributed by atoms with Gasteiger partial charge in [-0.1, -0.05) is 18.9 Å². The van der Waals surface area contributed by atoms with Crippen molar-refractivity contribution in [2.45, 2.75) is 26.4 Å². The maximum absolute atomic E-state index is 8.95. The molecule has 0 aromatic carbocycles. The van der Waals surface area contributed by atoms with E-state index in [-0.39, 0.29) is 0 Å². The van der Waals surface area contributed by atoms with Crippen LogP contribution in [0.15, 0.2) is 11.6 Å². The Bertz CT molecular complexity index is 139. The zero-order valence-corrected chi connectivity index (χ0v) is 5.89. The Balaban J connectivity index is 3.89. The van der Waals surface area contributed by atoms with Gasteiger partial charge in [-0.25, -0.2) is 0 Å². The van der Waals surface area contributed by atoms with Crippen LogP contribution >= 0.6 is 0 Å². The minimum absolute atomic E-state index is 0.690. The van der Waals surface area contributed by atoms with Crippen molar-refractivity contribution in [3.05, 3.63) is 11.6 Å². The average molecular weight is 124 g/mol. The summed E-state index contributed by atoms with van der Waals surface area (Å²) >= 11 is 0. The highest BCUT2D eigenvalue weighted by atomic mass is 16.3. The third-order valence-electron chi connectivity index (χ3n) is 1.12. The number of hydrogen-bond donors (Lipinski definition) is 1. The first-order chi connectivity index (χ1) is 4.22. The lowest BCUT2D eigenvalue weighted by Crippen LogP contribution is -2.03. The van der Waals surface area contributed by atoms with Gasteiger partial charge in [0.25, 0.3) is 0 Å². The van der Waals surface area contributed by atoms with Gasteiger partial charge in [0.2, 0.25) is 0 Å². The maximum atomic E-state index is 8.95. The lowest BCUT2D eigenvalue weighted by molar-refractivity contribution is 0.268. The Morgan fingerprint density at radius 2 is 2.44 bits per heavy atom. The van der Waals surface area contributed by atoms with E-state index >= 15 is 0 Å². The van der Waals surface area contributed by atoms with Crippen molar-refractivity contribution < 1.29 is 5.11 Å². The summed E-state index contributed by atoms with van der Waals surface area (Å²) < 4.78 is 0. The highest BCUT2D eigenvalue weighted by molar-refractivity contribution is 5.15. The van der Waals surface area contributed by atoms with Crippen molar-refractivity contribution in [2.24, 2.45) is 0 Å². The Hall–Kier alpha value is -0.740. The summed E-state index contributed by atoms with van der Waals surface area (Å²) in [4.78, 5) is 0. The molecule has 1 N–H and O–H groups in total. The standard InChI is InChI=1S/C8H12O/c1-4-6-7(3)8(9)5-2/h2,6,8-9H,4H2,1,3H3. The molecule has 9 heavy (non-hydrogen) atoms. The Labute approximate surface area is 56.4 Å². The molecule has 0 heterocycles. The van der Waals surface area contributed by atoms with Crippen LogP contribution in [-0.2, 0) is 0 Å². The Morgan fingerprint density at radius 1 is 1.89 bits per heavy atom. The van der Waals surface area contributed by atoms with Gasteiger partial charge in [0.1, 0.15) is 6.10 Å². The first-order valence-corrected chi connectivity index (χ1v) is 3.03. The van der Waals surface area contributed by atoms with Crippen LogP contribution in [0.1, 0.15) is 20.3 Å². The third-order valence-corrected chi connectivity index (χ3v) is 1.12. The van der Waals surface area contributed by atoms with E-state index in [4.69, 9.17) is 11.5 Å². The van der Waals surface area contributed by atoms with Gasteiger partial charge in [0.05, 0.1) is 0 Å². The molecule has 0 radical (unpaired) electrons. The molecular formula is C8H12O. The average Bonchev–Trinajstić information content (AvgIpc) is 1.87. The van der Waals surface area contributed by atoms with Gasteiger partial charge >= 0.3 is 0 Å². The van der Waals surface area contributed by atoms with E-state index in [1.54, 1.807) is 0 Å². The largest absolute Gasteiger partial charge is 0.376 e. The second-order valence-corrected chi connectivity index (χ2v) is 1.93. The molecule has 0 rings (SSSR count). The molecule has 0 aromatic heterocycles. The molecule has 0 aliphatic rings. The molecule has 0 bridgehead atoms. The molecule has 0 amide bonds. The van der Waals surface area contributed by atoms with Crippen LogP contribution in [0.5, 0.6) is 0 Å². The first-order valence-electron chi connectivity index (χ1n) is 3.03. The minimum atomic E-state index is -0.690. The molecule has 0 aromatic rings. The first kappa shape index (κ1) is 8.26. The van der Waals surface area contributed by atoms with E-state index in [1.807, 2.05) is 19.9 Å². The third kappa shape index (κ3) is 2.94. The second-order valence-electron chi connectivity index (χ2n) is 1.93. The molecule has 1 unspecified atom stereocenters. The van der Waals surface area contributed by atoms with E-state index < -0.39 is 6.10 Å². The van der Waals surface area contributed by atoms with Gasteiger partial charge in [0.15, 0.2) is 0 Å². The van der Waals surface area contributed by atoms with Crippen molar-refractivity contribution in [1.82, 2.24) is 0 Å². The fourth-order valence-electron chi connectivity index (χ4n) is 0.565. The minimum Gasteiger partial charge on any atom is -0.376 e. The summed E-state index contributed by atoms with van der Waals surface area (Å²) in [5.74, 6) is 2.24. The fraction of sp³-hybridized carbons (Fsp3) is 0.500. The number of hydrogen-bond acceptors (Lipinski definition) is 1. The van der Waals surface area contributed by atoms with E-state index in [1.165, 1.54) is 0 Å². The van der Waals surface area contributed by atoms with Crippen molar-refractivity contribution >= 4 is 0 Å². The molecule has 1 heteroatoms. The topological polar surface area (TPSA) is 20.2 Å². The van der Waals surface area contributed by atoms with E-state index in [0.717, 1.165) is 12.0 Å². The lowest BCUT2D eigenvalue weighted by atomic mass is 10.1. The number of terminal acetylenes is 1. The predicted molar refractivity (Wildman–Crippen MR) is 38.9 cm³/mol. The van der Waals surface area contributed by atoms with Crippen molar-refractivity contribution in [3.63, 3.8) is 0 Å². The molecule has 0 saturated heterocycles. The van der Waals surface area contributed by atoms with E-state index in [0.29, 0.717) is 0 Å². The molecule has 0 spiro atoms. The van der Waals surface area contributed by atoms with Crippen LogP contribution in [0.2, 0.25) is 0 Å². The van der Waals surface area contributed by atoms with Crippen LogP contribution in [-0.4, -0.2) is 11.2 Å². The molecule has 1 nitrogen and oxygen atoms in total. The van der Waals surface area contributed by atoms with Crippen LogP contribution in [0.4, 0.5) is 0 Å². The summed E-state index contributed by atoms with van der Waals surface area (Å²) in [5, 5.41) is 8.95. The van der Waals surface area contributed by atoms with Crippen LogP contribution in [0.25, 0.3) is 0 Å². The summed E-state index contributed by atoms with van der Waals surface area (Å²) in [6.45, 7) is 3.83. The smallest absolute Gasteiger partial charge is 0.135 e. The highest BCUT2D eigenvalue weighted by Crippen LogP contribution is 2.00. The highest BCUT2D eigenvalue weighted by Gasteiger charge is 1.97. The van der Waals surface area contributed by atoms with Crippen LogP contribution in [0.3, 0.4) is 0 Å². The molecule has 0 saturated carbocycles. The normalized spacial score (nSPS) is 14.7. The van der Waals surface area contributed by atoms with Crippen LogP contribution < -0.4 is 0 Å². The van der Waals surface area contributed by atoms with Gasteiger partial charge in [-0.3, -0.25) is 0 Å². The van der Waals surface area contributed by atoms with Crippen molar-refractivity contribution in [1.29, 1.82) is 0 Å². The summed E-state index contributed by atoms with van der Waals surface area (Å²) in [6.07, 6.45) is 7.11. The molecule has 0 aliphatic carbocycles. The summed E-state index contributed by atoms with van der Waals surface area (Å²) in [5.41, 5.74) is 0.861. The van der Waals surface area contributed by atoms with Gasteiger partial charge in [-0.15, -0.1) is 6.42 Å². The zero-order chi connectivity index (χ0) is 7.28. The van der Waals surface area contributed by atoms with Gasteiger partial charge in [0, 0.05) is 0 Å². The second kappa shape index (κ2) is 4.17. The van der Waals surface area contributed by atoms with Gasteiger partial charge in [-0.2, -0.15) is 0 Å². The van der Waals surface area contributed by atoms with Crippen molar-refractivity contribution in [2.75, 3.05) is 0 Å². The number of allylic oxidation sites excluding steroid dienone is 1. The predicted octanol–water partition coefficient (Wildman–Crippen LogP) is 1.34. The molecular weight excluding hydrogens is 112 g/mol. The number of aliphatic hydroxyl groups is 1. The Morgan fingerprint density at radius 3 is 2.78 bits per heavy atom. The summed E-state index contributed by atoms with van der Waals surface area (Å²) in [7, 11) is 0. The van der Waals surface area contributed by atoms with E-state index in [9.17, 15) is 0 Å². The Kier molecular flexibility index (Phi) is 3.83. The number of rotatable bonds is 2. The maximum Gasteiger partial charge on any atom is 0.135 e. The quantitative estimate of drug-likeness (QED) is 0.435. The lowest BCUT2D eigenvalue weighted by Gasteiger charge is -2.00. The monoisotopic (exact) mass is 124 g/mol. The SMILES string of the molecule is C#CC(O)C(C)=CCC. The summed E-state index contributed by atoms with van der Waals surface area (Å²) in [6, 6.07) is 0. The molecule has 50 valence electrons. The van der Waals surface area contributed by atoms with Gasteiger partial charge < -0.3 is 5.11 Å². The fourth-order valence-corrected chi connectivity index (χ4v) is 0.565. The molecule has 0 aliphatic heterocycles. The number of aliphatic hydroxyl groups excluding tert-OH is 1.